The van der Waals surface area contributed by atoms with Crippen molar-refractivity contribution in [3.8, 4) is 16.9 Å². The van der Waals surface area contributed by atoms with E-state index in [1.54, 1.807) is 25.3 Å². The summed E-state index contributed by atoms with van der Waals surface area (Å²) in [5, 5.41) is 8.89. The molecule has 0 bridgehead atoms. The van der Waals surface area contributed by atoms with Crippen LogP contribution in [0.4, 0.5) is 4.39 Å². The van der Waals surface area contributed by atoms with Gasteiger partial charge in [0.2, 0.25) is 0 Å². The van der Waals surface area contributed by atoms with Crippen LogP contribution in [0.5, 0.6) is 5.75 Å². The van der Waals surface area contributed by atoms with Crippen LogP contribution in [0.15, 0.2) is 42.5 Å². The first-order chi connectivity index (χ1) is 10.0. The maximum Gasteiger partial charge on any atom is 0.303 e. The second kappa shape index (κ2) is 6.39. The number of benzene rings is 2. The summed E-state index contributed by atoms with van der Waals surface area (Å²) < 4.78 is 18.7. The number of carboxylic acids is 1. The van der Waals surface area contributed by atoms with Crippen molar-refractivity contribution in [3.63, 3.8) is 0 Å². The Hall–Kier alpha value is -2.36. The predicted molar refractivity (Wildman–Crippen MR) is 79.1 cm³/mol. The Morgan fingerprint density at radius 2 is 2.05 bits per heavy atom. The van der Waals surface area contributed by atoms with Crippen LogP contribution in [0.25, 0.3) is 11.1 Å². The van der Waals surface area contributed by atoms with E-state index in [0.717, 1.165) is 11.1 Å². The van der Waals surface area contributed by atoms with Gasteiger partial charge in [-0.05, 0) is 41.3 Å². The second-order valence-corrected chi connectivity index (χ2v) is 4.97. The zero-order valence-electron chi connectivity index (χ0n) is 12.0. The van der Waals surface area contributed by atoms with E-state index in [4.69, 9.17) is 9.84 Å². The molecule has 2 aromatic rings. The Labute approximate surface area is 123 Å². The van der Waals surface area contributed by atoms with Gasteiger partial charge in [-0.1, -0.05) is 25.1 Å². The fourth-order valence-corrected chi connectivity index (χ4v) is 2.29. The molecule has 21 heavy (non-hydrogen) atoms. The first-order valence-electron chi connectivity index (χ1n) is 6.67. The van der Waals surface area contributed by atoms with Crippen LogP contribution in [-0.4, -0.2) is 18.2 Å². The molecule has 0 aromatic heterocycles. The SMILES string of the molecule is COc1ccc(C(C)CC(=O)O)cc1-c1cccc(F)c1. The Morgan fingerprint density at radius 3 is 2.67 bits per heavy atom. The van der Waals surface area contributed by atoms with Crippen molar-refractivity contribution in [1.82, 2.24) is 0 Å². The summed E-state index contributed by atoms with van der Waals surface area (Å²) in [5.74, 6) is -0.656. The Morgan fingerprint density at radius 1 is 1.29 bits per heavy atom. The number of ether oxygens (including phenoxy) is 1. The fourth-order valence-electron chi connectivity index (χ4n) is 2.29. The molecule has 110 valence electrons. The maximum absolute atomic E-state index is 13.4. The fraction of sp³-hybridized carbons (Fsp3) is 0.235. The van der Waals surface area contributed by atoms with Gasteiger partial charge in [0.25, 0.3) is 0 Å². The highest BCUT2D eigenvalue weighted by Gasteiger charge is 2.14. The lowest BCUT2D eigenvalue weighted by molar-refractivity contribution is -0.137. The maximum atomic E-state index is 13.4. The highest BCUT2D eigenvalue weighted by atomic mass is 19.1. The molecule has 0 spiro atoms. The van der Waals surface area contributed by atoms with Gasteiger partial charge in [0, 0.05) is 5.56 Å². The molecule has 3 nitrogen and oxygen atoms in total. The zero-order valence-corrected chi connectivity index (χ0v) is 12.0. The quantitative estimate of drug-likeness (QED) is 0.901. The summed E-state index contributed by atoms with van der Waals surface area (Å²) in [4.78, 5) is 10.8. The highest BCUT2D eigenvalue weighted by Crippen LogP contribution is 2.33. The van der Waals surface area contributed by atoms with E-state index >= 15 is 0 Å². The molecule has 1 atom stereocenters. The number of hydrogen-bond acceptors (Lipinski definition) is 2. The molecule has 0 saturated carbocycles. The van der Waals surface area contributed by atoms with Gasteiger partial charge < -0.3 is 9.84 Å². The van der Waals surface area contributed by atoms with Crippen molar-refractivity contribution in [2.45, 2.75) is 19.3 Å². The van der Waals surface area contributed by atoms with Crippen LogP contribution < -0.4 is 4.74 Å². The van der Waals surface area contributed by atoms with Crippen LogP contribution in [-0.2, 0) is 4.79 Å². The van der Waals surface area contributed by atoms with Crippen molar-refractivity contribution in [1.29, 1.82) is 0 Å². The van der Waals surface area contributed by atoms with Crippen molar-refractivity contribution >= 4 is 5.97 Å². The van der Waals surface area contributed by atoms with Gasteiger partial charge in [-0.15, -0.1) is 0 Å². The van der Waals surface area contributed by atoms with Gasteiger partial charge in [-0.2, -0.15) is 0 Å². The summed E-state index contributed by atoms with van der Waals surface area (Å²) in [6.45, 7) is 1.85. The van der Waals surface area contributed by atoms with E-state index < -0.39 is 5.97 Å². The molecule has 0 aliphatic carbocycles. The molecule has 0 heterocycles. The molecular weight excluding hydrogens is 271 g/mol. The molecule has 0 aliphatic heterocycles. The van der Waals surface area contributed by atoms with Crippen LogP contribution in [0.3, 0.4) is 0 Å². The molecule has 2 rings (SSSR count). The summed E-state index contributed by atoms with van der Waals surface area (Å²) in [6.07, 6.45) is 0.0505. The normalized spacial score (nSPS) is 12.0. The molecule has 2 aromatic carbocycles. The minimum absolute atomic E-state index is 0.0505. The van der Waals surface area contributed by atoms with Crippen LogP contribution in [0.2, 0.25) is 0 Å². The molecule has 0 amide bonds. The second-order valence-electron chi connectivity index (χ2n) is 4.97. The molecule has 0 saturated heterocycles. The van der Waals surface area contributed by atoms with Gasteiger partial charge >= 0.3 is 5.97 Å². The Bertz CT molecular complexity index is 652. The summed E-state index contributed by atoms with van der Waals surface area (Å²) in [7, 11) is 1.55. The first kappa shape index (κ1) is 15.0. The largest absolute Gasteiger partial charge is 0.496 e. The molecule has 1 N–H and O–H groups in total. The summed E-state index contributed by atoms with van der Waals surface area (Å²) >= 11 is 0. The minimum atomic E-state index is -0.842. The molecule has 4 heteroatoms. The van der Waals surface area contributed by atoms with Crippen molar-refractivity contribution in [2.24, 2.45) is 0 Å². The lowest BCUT2D eigenvalue weighted by Gasteiger charge is -2.14. The lowest BCUT2D eigenvalue weighted by Crippen LogP contribution is -2.03. The Balaban J connectivity index is 2.45. The average Bonchev–Trinajstić information content (AvgIpc) is 2.45. The van der Waals surface area contributed by atoms with Gasteiger partial charge in [0.15, 0.2) is 0 Å². The van der Waals surface area contributed by atoms with Gasteiger partial charge in [0.1, 0.15) is 11.6 Å². The number of methoxy groups -OCH3 is 1. The third kappa shape index (κ3) is 3.60. The summed E-state index contributed by atoms with van der Waals surface area (Å²) in [5.41, 5.74) is 2.35. The molecule has 0 fully saturated rings. The Kier molecular flexibility index (Phi) is 4.58. The number of carboxylic acid groups (broad SMARTS) is 1. The molecule has 1 unspecified atom stereocenters. The van der Waals surface area contributed by atoms with Crippen molar-refractivity contribution < 1.29 is 19.0 Å². The van der Waals surface area contributed by atoms with Crippen LogP contribution in [0.1, 0.15) is 24.8 Å². The van der Waals surface area contributed by atoms with Gasteiger partial charge in [0.05, 0.1) is 13.5 Å². The van der Waals surface area contributed by atoms with E-state index in [-0.39, 0.29) is 18.2 Å². The van der Waals surface area contributed by atoms with Crippen molar-refractivity contribution in [2.75, 3.05) is 7.11 Å². The topological polar surface area (TPSA) is 46.5 Å². The van der Waals surface area contributed by atoms with Crippen LogP contribution >= 0.6 is 0 Å². The third-order valence-electron chi connectivity index (χ3n) is 3.41. The van der Waals surface area contributed by atoms with Gasteiger partial charge in [-0.25, -0.2) is 4.39 Å². The predicted octanol–water partition coefficient (Wildman–Crippen LogP) is 4.08. The molecule has 0 radical (unpaired) electrons. The number of aliphatic carboxylic acids is 1. The highest BCUT2D eigenvalue weighted by molar-refractivity contribution is 5.72. The van der Waals surface area contributed by atoms with E-state index in [1.165, 1.54) is 12.1 Å². The number of halogens is 1. The van der Waals surface area contributed by atoms with E-state index in [0.29, 0.717) is 11.3 Å². The monoisotopic (exact) mass is 288 g/mol. The number of hydrogen-bond donors (Lipinski definition) is 1. The zero-order chi connectivity index (χ0) is 15.4. The van der Waals surface area contributed by atoms with E-state index in [9.17, 15) is 9.18 Å². The smallest absolute Gasteiger partial charge is 0.303 e. The van der Waals surface area contributed by atoms with E-state index in [1.807, 2.05) is 19.1 Å². The first-order valence-corrected chi connectivity index (χ1v) is 6.67. The minimum Gasteiger partial charge on any atom is -0.496 e. The van der Waals surface area contributed by atoms with E-state index in [2.05, 4.69) is 0 Å². The summed E-state index contributed by atoms with van der Waals surface area (Å²) in [6, 6.07) is 11.7. The van der Waals surface area contributed by atoms with Gasteiger partial charge in [-0.3, -0.25) is 4.79 Å². The average molecular weight is 288 g/mol. The number of carbonyl (C=O) groups is 1. The standard InChI is InChI=1S/C17H17FO3/c1-11(8-17(19)20)12-6-7-16(21-2)15(10-12)13-4-3-5-14(18)9-13/h3-7,9-11H,8H2,1-2H3,(H,19,20). The molecular formula is C17H17FO3. The number of rotatable bonds is 5. The third-order valence-corrected chi connectivity index (χ3v) is 3.41. The lowest BCUT2D eigenvalue weighted by atomic mass is 9.93. The van der Waals surface area contributed by atoms with Crippen molar-refractivity contribution in [3.05, 3.63) is 53.8 Å². The van der Waals surface area contributed by atoms with Crippen LogP contribution in [0, 0.1) is 5.82 Å². The molecule has 0 aliphatic rings.